The Labute approximate surface area is 134 Å². The van der Waals surface area contributed by atoms with Crippen LogP contribution in [0.4, 0.5) is 5.69 Å². The van der Waals surface area contributed by atoms with Gasteiger partial charge < -0.3 is 4.90 Å². The maximum atomic E-state index is 12.7. The molecule has 1 aliphatic heterocycles. The van der Waals surface area contributed by atoms with E-state index in [1.165, 1.54) is 0 Å². The first-order valence-corrected chi connectivity index (χ1v) is 8.17. The number of aromatic nitrogens is 1. The zero-order chi connectivity index (χ0) is 14.1. The number of hydrogen-bond acceptors (Lipinski definition) is 3. The van der Waals surface area contributed by atoms with E-state index in [0.29, 0.717) is 12.1 Å². The van der Waals surface area contributed by atoms with Crippen LogP contribution in [0.5, 0.6) is 0 Å². The average molecular weight is 370 g/mol. The second-order valence-electron chi connectivity index (χ2n) is 4.26. The molecule has 102 valence electrons. The summed E-state index contributed by atoms with van der Waals surface area (Å²) in [6, 6.07) is 9.61. The van der Waals surface area contributed by atoms with Crippen LogP contribution in [0.1, 0.15) is 10.4 Å². The van der Waals surface area contributed by atoms with Crippen molar-refractivity contribution in [3.05, 3.63) is 51.7 Å². The minimum Gasteiger partial charge on any atom is -0.306 e. The van der Waals surface area contributed by atoms with Crippen LogP contribution in [0.25, 0.3) is 0 Å². The molecule has 0 saturated carbocycles. The highest BCUT2D eigenvalue weighted by molar-refractivity contribution is 9.10. The molecule has 0 atom stereocenters. The Hall–Kier alpha value is -1.04. The number of hydrogen-bond donors (Lipinski definition) is 0. The number of thioether (sulfide) groups is 1. The van der Waals surface area contributed by atoms with Crippen molar-refractivity contribution in [3.8, 4) is 0 Å². The first kappa shape index (κ1) is 13.9. The Morgan fingerprint density at radius 1 is 1.40 bits per heavy atom. The predicted octanol–water partition coefficient (Wildman–Crippen LogP) is 4.25. The molecule has 0 radical (unpaired) electrons. The SMILES string of the molecule is O=C(c1cc(Br)cnc1Cl)N1CCSc2ccccc21. The molecule has 0 fully saturated rings. The van der Waals surface area contributed by atoms with Gasteiger partial charge >= 0.3 is 0 Å². The molecule has 1 amide bonds. The van der Waals surface area contributed by atoms with Crippen molar-refractivity contribution >= 4 is 50.9 Å². The molecular formula is C14H10BrClN2OS. The lowest BCUT2D eigenvalue weighted by molar-refractivity contribution is 0.0987. The number of para-hydroxylation sites is 1. The van der Waals surface area contributed by atoms with Crippen LogP contribution in [0, 0.1) is 0 Å². The Morgan fingerprint density at radius 2 is 2.20 bits per heavy atom. The number of pyridine rings is 1. The predicted molar refractivity (Wildman–Crippen MR) is 85.8 cm³/mol. The number of amides is 1. The summed E-state index contributed by atoms with van der Waals surface area (Å²) in [6.45, 7) is 0.670. The molecule has 6 heteroatoms. The quantitative estimate of drug-likeness (QED) is 0.705. The van der Waals surface area contributed by atoms with Gasteiger partial charge in [-0.25, -0.2) is 4.98 Å². The standard InChI is InChI=1S/C14H10BrClN2OS/c15-9-7-10(13(16)17-8-9)14(19)18-5-6-20-12-4-2-1-3-11(12)18/h1-4,7-8H,5-6H2. The van der Waals surface area contributed by atoms with E-state index in [-0.39, 0.29) is 11.1 Å². The van der Waals surface area contributed by atoms with Crippen molar-refractivity contribution in [3.63, 3.8) is 0 Å². The van der Waals surface area contributed by atoms with Gasteiger partial charge in [-0.2, -0.15) is 0 Å². The van der Waals surface area contributed by atoms with Gasteiger partial charge in [-0.1, -0.05) is 23.7 Å². The Morgan fingerprint density at radius 3 is 3.05 bits per heavy atom. The zero-order valence-electron chi connectivity index (χ0n) is 10.3. The van der Waals surface area contributed by atoms with Crippen LogP contribution in [0.3, 0.4) is 0 Å². The van der Waals surface area contributed by atoms with E-state index in [1.54, 1.807) is 28.9 Å². The van der Waals surface area contributed by atoms with Gasteiger partial charge in [0.05, 0.1) is 11.3 Å². The molecule has 20 heavy (non-hydrogen) atoms. The monoisotopic (exact) mass is 368 g/mol. The van der Waals surface area contributed by atoms with Crippen LogP contribution < -0.4 is 4.90 Å². The third-order valence-electron chi connectivity index (χ3n) is 3.01. The highest BCUT2D eigenvalue weighted by Gasteiger charge is 2.25. The molecule has 1 aromatic heterocycles. The topological polar surface area (TPSA) is 33.2 Å². The van der Waals surface area contributed by atoms with Crippen molar-refractivity contribution in [2.75, 3.05) is 17.2 Å². The lowest BCUT2D eigenvalue weighted by Gasteiger charge is -2.29. The number of benzene rings is 1. The van der Waals surface area contributed by atoms with Gasteiger partial charge in [0.25, 0.3) is 5.91 Å². The van der Waals surface area contributed by atoms with Gasteiger partial charge in [0, 0.05) is 27.9 Å². The smallest absolute Gasteiger partial charge is 0.261 e. The minimum atomic E-state index is -0.114. The third-order valence-corrected chi connectivity index (χ3v) is 4.79. The highest BCUT2D eigenvalue weighted by atomic mass is 79.9. The van der Waals surface area contributed by atoms with Crippen LogP contribution in [-0.4, -0.2) is 23.2 Å². The minimum absolute atomic E-state index is 0.114. The molecular weight excluding hydrogens is 360 g/mol. The van der Waals surface area contributed by atoms with Crippen molar-refractivity contribution < 1.29 is 4.79 Å². The van der Waals surface area contributed by atoms with Crippen molar-refractivity contribution in [2.45, 2.75) is 4.90 Å². The summed E-state index contributed by atoms with van der Waals surface area (Å²) in [6.07, 6.45) is 1.58. The lowest BCUT2D eigenvalue weighted by atomic mass is 10.2. The molecule has 0 N–H and O–H groups in total. The number of halogens is 2. The lowest BCUT2D eigenvalue weighted by Crippen LogP contribution is -2.35. The maximum Gasteiger partial charge on any atom is 0.261 e. The number of rotatable bonds is 1. The second-order valence-corrected chi connectivity index (χ2v) is 6.68. The maximum absolute atomic E-state index is 12.7. The van der Waals surface area contributed by atoms with Crippen molar-refractivity contribution in [1.29, 1.82) is 0 Å². The molecule has 0 saturated heterocycles. The molecule has 3 rings (SSSR count). The summed E-state index contributed by atoms with van der Waals surface area (Å²) in [4.78, 5) is 19.6. The molecule has 1 aliphatic rings. The van der Waals surface area contributed by atoms with E-state index in [2.05, 4.69) is 20.9 Å². The molecule has 1 aromatic carbocycles. The number of anilines is 1. The zero-order valence-corrected chi connectivity index (χ0v) is 13.5. The molecule has 3 nitrogen and oxygen atoms in total. The summed E-state index contributed by atoms with van der Waals surface area (Å²) in [5, 5.41) is 0.230. The summed E-state index contributed by atoms with van der Waals surface area (Å²) in [5.74, 6) is 0.762. The number of carbonyl (C=O) groups is 1. The van der Waals surface area contributed by atoms with Gasteiger partial charge in [0.1, 0.15) is 5.15 Å². The van der Waals surface area contributed by atoms with E-state index >= 15 is 0 Å². The van der Waals surface area contributed by atoms with E-state index in [9.17, 15) is 4.79 Å². The van der Waals surface area contributed by atoms with Crippen LogP contribution >= 0.6 is 39.3 Å². The van der Waals surface area contributed by atoms with Gasteiger partial charge in [-0.3, -0.25) is 4.79 Å². The van der Waals surface area contributed by atoms with E-state index in [1.807, 2.05) is 24.3 Å². The summed E-state index contributed by atoms with van der Waals surface area (Å²) in [7, 11) is 0. The second kappa shape index (κ2) is 5.76. The van der Waals surface area contributed by atoms with Crippen molar-refractivity contribution in [1.82, 2.24) is 4.98 Å². The fraction of sp³-hybridized carbons (Fsp3) is 0.143. The van der Waals surface area contributed by atoms with E-state index in [0.717, 1.165) is 20.8 Å². The van der Waals surface area contributed by atoms with Gasteiger partial charge in [0.2, 0.25) is 0 Å². The fourth-order valence-electron chi connectivity index (χ4n) is 2.10. The Balaban J connectivity index is 2.02. The van der Waals surface area contributed by atoms with Gasteiger partial charge in [0.15, 0.2) is 0 Å². The first-order chi connectivity index (χ1) is 9.66. The molecule has 0 aliphatic carbocycles. The van der Waals surface area contributed by atoms with E-state index < -0.39 is 0 Å². The fourth-order valence-corrected chi connectivity index (χ4v) is 3.61. The number of fused-ring (bicyclic) bond motifs is 1. The van der Waals surface area contributed by atoms with Crippen LogP contribution in [0.2, 0.25) is 5.15 Å². The van der Waals surface area contributed by atoms with E-state index in [4.69, 9.17) is 11.6 Å². The van der Waals surface area contributed by atoms with Crippen LogP contribution in [-0.2, 0) is 0 Å². The van der Waals surface area contributed by atoms with Gasteiger partial charge in [-0.15, -0.1) is 11.8 Å². The highest BCUT2D eigenvalue weighted by Crippen LogP contribution is 2.35. The molecule has 0 unspecified atom stereocenters. The Kier molecular flexibility index (Phi) is 4.01. The largest absolute Gasteiger partial charge is 0.306 e. The summed E-state index contributed by atoms with van der Waals surface area (Å²) in [5.41, 5.74) is 1.35. The van der Waals surface area contributed by atoms with Crippen LogP contribution in [0.15, 0.2) is 45.9 Å². The van der Waals surface area contributed by atoms with Gasteiger partial charge in [-0.05, 0) is 34.1 Å². The molecule has 2 heterocycles. The third kappa shape index (κ3) is 2.57. The molecule has 0 bridgehead atoms. The number of nitrogens with zero attached hydrogens (tertiary/aromatic N) is 2. The van der Waals surface area contributed by atoms with Crippen molar-refractivity contribution in [2.24, 2.45) is 0 Å². The molecule has 0 spiro atoms. The summed E-state index contributed by atoms with van der Waals surface area (Å²) >= 11 is 11.1. The summed E-state index contributed by atoms with van der Waals surface area (Å²) < 4.78 is 0.741. The normalized spacial score (nSPS) is 14.0. The Bertz CT molecular complexity index is 680. The number of carbonyl (C=O) groups excluding carboxylic acids is 1. The molecule has 2 aromatic rings. The first-order valence-electron chi connectivity index (χ1n) is 6.01. The average Bonchev–Trinajstić information content (AvgIpc) is 2.48.